The van der Waals surface area contributed by atoms with Gasteiger partial charge in [0, 0.05) is 13.5 Å². The van der Waals surface area contributed by atoms with Gasteiger partial charge in [0.25, 0.3) is 0 Å². The molecule has 0 bridgehead atoms. The van der Waals surface area contributed by atoms with Crippen LogP contribution in [0.25, 0.3) is 0 Å². The van der Waals surface area contributed by atoms with Crippen LogP contribution in [0.2, 0.25) is 0 Å². The van der Waals surface area contributed by atoms with Crippen LogP contribution in [0.1, 0.15) is 17.5 Å². The zero-order valence-corrected chi connectivity index (χ0v) is 9.46. The number of methoxy groups -OCH3 is 2. The normalized spacial score (nSPS) is 10.2. The molecule has 0 heterocycles. The number of hydrogen-bond donors (Lipinski definition) is 0. The van der Waals surface area contributed by atoms with Crippen molar-refractivity contribution < 1.29 is 18.7 Å². The minimum absolute atomic E-state index is 0.196. The monoisotopic (exact) mass is 226 g/mol. The van der Waals surface area contributed by atoms with Crippen LogP contribution in [0.5, 0.6) is 5.75 Å². The van der Waals surface area contributed by atoms with Crippen molar-refractivity contribution in [1.29, 1.82) is 0 Å². The van der Waals surface area contributed by atoms with Crippen LogP contribution in [0.3, 0.4) is 0 Å². The number of benzene rings is 1. The summed E-state index contributed by atoms with van der Waals surface area (Å²) in [6.45, 7) is 0.380. The van der Waals surface area contributed by atoms with Crippen LogP contribution < -0.4 is 4.74 Å². The van der Waals surface area contributed by atoms with Gasteiger partial charge < -0.3 is 14.3 Å². The zero-order chi connectivity index (χ0) is 12.0. The van der Waals surface area contributed by atoms with Crippen LogP contribution in [0.4, 0.5) is 4.39 Å². The Kier molecular flexibility index (Phi) is 4.92. The summed E-state index contributed by atoms with van der Waals surface area (Å²) in [5, 5.41) is 0. The van der Waals surface area contributed by atoms with Gasteiger partial charge in [0.1, 0.15) is 6.29 Å². The lowest BCUT2D eigenvalue weighted by molar-refractivity contribution is -0.107. The van der Waals surface area contributed by atoms with Gasteiger partial charge in [0.05, 0.1) is 13.7 Å². The van der Waals surface area contributed by atoms with Gasteiger partial charge in [-0.05, 0) is 29.7 Å². The molecule has 0 spiro atoms. The number of rotatable bonds is 6. The van der Waals surface area contributed by atoms with Gasteiger partial charge in [-0.2, -0.15) is 0 Å². The van der Waals surface area contributed by atoms with E-state index in [1.54, 1.807) is 13.2 Å². The van der Waals surface area contributed by atoms with Crippen molar-refractivity contribution in [1.82, 2.24) is 0 Å². The van der Waals surface area contributed by atoms with Crippen LogP contribution in [-0.2, 0) is 22.6 Å². The van der Waals surface area contributed by atoms with Crippen LogP contribution in [-0.4, -0.2) is 20.5 Å². The van der Waals surface area contributed by atoms with Crippen molar-refractivity contribution in [2.75, 3.05) is 14.2 Å². The minimum atomic E-state index is -0.414. The molecule has 0 radical (unpaired) electrons. The number of hydrogen-bond acceptors (Lipinski definition) is 3. The number of ether oxygens (including phenoxy) is 2. The van der Waals surface area contributed by atoms with Gasteiger partial charge in [0.2, 0.25) is 0 Å². The molecule has 16 heavy (non-hydrogen) atoms. The smallest absolute Gasteiger partial charge is 0.165 e. The fraction of sp³-hybridized carbons (Fsp3) is 0.417. The van der Waals surface area contributed by atoms with E-state index in [2.05, 4.69) is 0 Å². The Labute approximate surface area is 94.2 Å². The second-order valence-electron chi connectivity index (χ2n) is 3.39. The van der Waals surface area contributed by atoms with Crippen molar-refractivity contribution in [2.45, 2.75) is 19.4 Å². The quantitative estimate of drug-likeness (QED) is 0.697. The first-order chi connectivity index (χ1) is 7.72. The van der Waals surface area contributed by atoms with E-state index in [0.717, 1.165) is 17.4 Å². The minimum Gasteiger partial charge on any atom is -0.494 e. The van der Waals surface area contributed by atoms with E-state index in [4.69, 9.17) is 9.47 Å². The van der Waals surface area contributed by atoms with E-state index < -0.39 is 5.82 Å². The molecule has 0 aliphatic carbocycles. The van der Waals surface area contributed by atoms with Crippen LogP contribution in [0, 0.1) is 5.82 Å². The lowest BCUT2D eigenvalue weighted by Gasteiger charge is -2.11. The van der Waals surface area contributed by atoms with E-state index in [0.29, 0.717) is 19.4 Å². The Morgan fingerprint density at radius 2 is 2.06 bits per heavy atom. The van der Waals surface area contributed by atoms with Gasteiger partial charge >= 0.3 is 0 Å². The highest BCUT2D eigenvalue weighted by Gasteiger charge is 2.10. The summed E-state index contributed by atoms with van der Waals surface area (Å²) in [6.07, 6.45) is 1.71. The summed E-state index contributed by atoms with van der Waals surface area (Å²) in [5.74, 6) is -0.217. The number of carbonyl (C=O) groups is 1. The van der Waals surface area contributed by atoms with E-state index in [1.165, 1.54) is 13.2 Å². The molecule has 0 aliphatic rings. The molecular weight excluding hydrogens is 211 g/mol. The van der Waals surface area contributed by atoms with Crippen molar-refractivity contribution >= 4 is 6.29 Å². The second-order valence-corrected chi connectivity index (χ2v) is 3.39. The first kappa shape index (κ1) is 12.6. The zero-order valence-electron chi connectivity index (χ0n) is 9.46. The summed E-state index contributed by atoms with van der Waals surface area (Å²) in [5.41, 5.74) is 1.63. The number of aldehydes is 1. The maximum absolute atomic E-state index is 13.4. The summed E-state index contributed by atoms with van der Waals surface area (Å²) in [7, 11) is 2.99. The Hall–Kier alpha value is -1.42. The summed E-state index contributed by atoms with van der Waals surface area (Å²) in [4.78, 5) is 10.3. The lowest BCUT2D eigenvalue weighted by atomic mass is 10.0. The largest absolute Gasteiger partial charge is 0.494 e. The summed E-state index contributed by atoms with van der Waals surface area (Å²) < 4.78 is 23.4. The Bertz CT molecular complexity index is 364. The average Bonchev–Trinajstić information content (AvgIpc) is 2.29. The predicted molar refractivity (Wildman–Crippen MR) is 58.1 cm³/mol. The van der Waals surface area contributed by atoms with Crippen molar-refractivity contribution in [2.24, 2.45) is 0 Å². The van der Waals surface area contributed by atoms with Gasteiger partial charge in [-0.3, -0.25) is 0 Å². The van der Waals surface area contributed by atoms with E-state index in [9.17, 15) is 9.18 Å². The number of aryl methyl sites for hydroxylation is 1. The lowest BCUT2D eigenvalue weighted by Crippen LogP contribution is -2.00. The van der Waals surface area contributed by atoms with E-state index in [-0.39, 0.29) is 5.75 Å². The summed E-state index contributed by atoms with van der Waals surface area (Å²) >= 11 is 0. The predicted octanol–water partition coefficient (Wildman–Crippen LogP) is 2.11. The molecule has 0 atom stereocenters. The van der Waals surface area contributed by atoms with Gasteiger partial charge in [-0.15, -0.1) is 0 Å². The molecule has 0 amide bonds. The molecule has 0 fully saturated rings. The molecule has 0 aromatic heterocycles. The SMILES string of the molecule is COCc1cc(OC)c(F)cc1CCC=O. The third kappa shape index (κ3) is 3.03. The topological polar surface area (TPSA) is 35.5 Å². The third-order valence-electron chi connectivity index (χ3n) is 2.31. The van der Waals surface area contributed by atoms with Crippen LogP contribution >= 0.6 is 0 Å². The maximum Gasteiger partial charge on any atom is 0.165 e. The van der Waals surface area contributed by atoms with Crippen molar-refractivity contribution in [3.05, 3.63) is 29.1 Å². The maximum atomic E-state index is 13.4. The molecular formula is C12H15FO3. The average molecular weight is 226 g/mol. The highest BCUT2D eigenvalue weighted by molar-refractivity contribution is 5.50. The van der Waals surface area contributed by atoms with Crippen molar-refractivity contribution in [3.63, 3.8) is 0 Å². The first-order valence-corrected chi connectivity index (χ1v) is 5.00. The fourth-order valence-electron chi connectivity index (χ4n) is 1.53. The molecule has 0 N–H and O–H groups in total. The van der Waals surface area contributed by atoms with Crippen molar-refractivity contribution in [3.8, 4) is 5.75 Å². The van der Waals surface area contributed by atoms with E-state index >= 15 is 0 Å². The molecule has 0 saturated carbocycles. The second kappa shape index (κ2) is 6.23. The molecule has 0 saturated heterocycles. The molecule has 0 unspecified atom stereocenters. The number of carbonyl (C=O) groups excluding carboxylic acids is 1. The molecule has 4 heteroatoms. The summed E-state index contributed by atoms with van der Waals surface area (Å²) in [6, 6.07) is 3.01. The fourth-order valence-corrected chi connectivity index (χ4v) is 1.53. The Morgan fingerprint density at radius 1 is 1.31 bits per heavy atom. The van der Waals surface area contributed by atoms with Gasteiger partial charge in [-0.1, -0.05) is 0 Å². The molecule has 1 rings (SSSR count). The Balaban J connectivity index is 3.02. The highest BCUT2D eigenvalue weighted by Crippen LogP contribution is 2.23. The molecule has 88 valence electrons. The van der Waals surface area contributed by atoms with E-state index in [1.807, 2.05) is 0 Å². The molecule has 1 aromatic rings. The third-order valence-corrected chi connectivity index (χ3v) is 2.31. The molecule has 1 aromatic carbocycles. The van der Waals surface area contributed by atoms with Crippen LogP contribution in [0.15, 0.2) is 12.1 Å². The molecule has 3 nitrogen and oxygen atoms in total. The van der Waals surface area contributed by atoms with Gasteiger partial charge in [-0.25, -0.2) is 4.39 Å². The molecule has 0 aliphatic heterocycles. The number of halogens is 1. The highest BCUT2D eigenvalue weighted by atomic mass is 19.1. The Morgan fingerprint density at radius 3 is 2.62 bits per heavy atom. The first-order valence-electron chi connectivity index (χ1n) is 5.00. The standard InChI is InChI=1S/C12H15FO3/c1-15-8-10-7-12(16-2)11(13)6-9(10)4-3-5-14/h5-7H,3-4,8H2,1-2H3. The van der Waals surface area contributed by atoms with Gasteiger partial charge in [0.15, 0.2) is 11.6 Å².